The lowest BCUT2D eigenvalue weighted by Crippen LogP contribution is -2.45. The molecule has 0 bridgehead atoms. The molecule has 0 saturated carbocycles. The maximum absolute atomic E-state index is 13.1. The van der Waals surface area contributed by atoms with Gasteiger partial charge in [0.2, 0.25) is 5.78 Å². The minimum atomic E-state index is -0.162. The number of fused-ring (bicyclic) bond motifs is 1. The van der Waals surface area contributed by atoms with Crippen molar-refractivity contribution >= 4 is 11.9 Å². The number of nitrogens with zero attached hydrogens (tertiary/aromatic N) is 2. The molecule has 158 valence electrons. The summed E-state index contributed by atoms with van der Waals surface area (Å²) >= 11 is 0. The largest absolute Gasteiger partial charge is 0.507 e. The highest BCUT2D eigenvalue weighted by atomic mass is 16.5. The Kier molecular flexibility index (Phi) is 5.79. The first-order valence-electron chi connectivity index (χ1n) is 10.4. The van der Waals surface area contributed by atoms with Crippen molar-refractivity contribution in [1.82, 2.24) is 9.80 Å². The third kappa shape index (κ3) is 3.80. The number of likely N-dealkylation sites (N-methyl/N-ethyl adjacent to an activating group) is 1. The molecule has 6 heteroatoms. The van der Waals surface area contributed by atoms with E-state index < -0.39 is 0 Å². The quantitative estimate of drug-likeness (QED) is 0.765. The van der Waals surface area contributed by atoms with E-state index in [1.807, 2.05) is 31.2 Å². The second-order valence-corrected chi connectivity index (χ2v) is 7.79. The fourth-order valence-electron chi connectivity index (χ4n) is 4.15. The monoisotopic (exact) mass is 408 g/mol. The summed E-state index contributed by atoms with van der Waals surface area (Å²) in [5, 5.41) is 10.7. The van der Waals surface area contributed by atoms with Crippen LogP contribution in [-0.4, -0.2) is 60.5 Å². The van der Waals surface area contributed by atoms with Gasteiger partial charge in [-0.2, -0.15) is 0 Å². The number of phenolic OH excluding ortho intramolecular Hbond substituents is 1. The van der Waals surface area contributed by atoms with Gasteiger partial charge in [-0.15, -0.1) is 0 Å². The maximum atomic E-state index is 13.1. The van der Waals surface area contributed by atoms with E-state index in [-0.39, 0.29) is 17.3 Å². The van der Waals surface area contributed by atoms with E-state index in [4.69, 9.17) is 9.47 Å². The Bertz CT molecular complexity index is 991. The van der Waals surface area contributed by atoms with Gasteiger partial charge >= 0.3 is 0 Å². The number of benzene rings is 2. The van der Waals surface area contributed by atoms with E-state index >= 15 is 0 Å². The molecule has 2 aromatic carbocycles. The molecule has 0 spiro atoms. The van der Waals surface area contributed by atoms with Crippen LogP contribution in [0.25, 0.3) is 6.08 Å². The highest BCUT2D eigenvalue weighted by molar-refractivity contribution is 6.16. The van der Waals surface area contributed by atoms with Gasteiger partial charge in [0, 0.05) is 38.3 Å². The molecular formula is C24H28N2O4. The summed E-state index contributed by atoms with van der Waals surface area (Å²) < 4.78 is 11.4. The molecule has 1 fully saturated rings. The molecule has 6 nitrogen and oxygen atoms in total. The number of rotatable bonds is 5. The average molecular weight is 408 g/mol. The van der Waals surface area contributed by atoms with E-state index in [1.54, 1.807) is 19.3 Å². The number of methoxy groups -OCH3 is 1. The molecule has 1 saturated heterocycles. The number of aryl methyl sites for hydroxylation is 1. The van der Waals surface area contributed by atoms with Crippen LogP contribution in [0.5, 0.6) is 17.2 Å². The van der Waals surface area contributed by atoms with Crippen LogP contribution in [0.15, 0.2) is 36.1 Å². The predicted molar refractivity (Wildman–Crippen MR) is 116 cm³/mol. The van der Waals surface area contributed by atoms with Crippen molar-refractivity contribution in [3.8, 4) is 17.2 Å². The molecule has 0 aromatic heterocycles. The van der Waals surface area contributed by atoms with Crippen molar-refractivity contribution < 1.29 is 19.4 Å². The smallest absolute Gasteiger partial charge is 0.232 e. The van der Waals surface area contributed by atoms with Gasteiger partial charge in [-0.05, 0) is 37.2 Å². The topological polar surface area (TPSA) is 62.2 Å². The Morgan fingerprint density at radius 1 is 1.17 bits per heavy atom. The SMILES string of the molecule is CCN1CCN(Cc2c(O)cc(C)c3c2O/C(=C\c2ccccc2OC)C3=O)CC1. The van der Waals surface area contributed by atoms with Crippen molar-refractivity contribution in [2.75, 3.05) is 39.8 Å². The van der Waals surface area contributed by atoms with Gasteiger partial charge in [0.05, 0.1) is 18.2 Å². The molecule has 0 atom stereocenters. The summed E-state index contributed by atoms with van der Waals surface area (Å²) in [5.74, 6) is 1.42. The normalized spacial score (nSPS) is 18.5. The minimum Gasteiger partial charge on any atom is -0.507 e. The second-order valence-electron chi connectivity index (χ2n) is 7.79. The Balaban J connectivity index is 1.65. The lowest BCUT2D eigenvalue weighted by Gasteiger charge is -2.34. The van der Waals surface area contributed by atoms with Crippen LogP contribution in [0.3, 0.4) is 0 Å². The third-order valence-corrected chi connectivity index (χ3v) is 5.94. The number of phenols is 1. The van der Waals surface area contributed by atoms with Gasteiger partial charge in [0.25, 0.3) is 0 Å². The average Bonchev–Trinajstić information content (AvgIpc) is 3.08. The molecule has 1 N–H and O–H groups in total. The lowest BCUT2D eigenvalue weighted by atomic mass is 9.99. The first kappa shape index (κ1) is 20.4. The Morgan fingerprint density at radius 2 is 1.87 bits per heavy atom. The van der Waals surface area contributed by atoms with Gasteiger partial charge in [-0.3, -0.25) is 9.69 Å². The van der Waals surface area contributed by atoms with Crippen LogP contribution in [0.1, 0.15) is 34.0 Å². The first-order valence-corrected chi connectivity index (χ1v) is 10.4. The molecule has 0 unspecified atom stereocenters. The van der Waals surface area contributed by atoms with Gasteiger partial charge < -0.3 is 19.5 Å². The van der Waals surface area contributed by atoms with E-state index in [1.165, 1.54) is 0 Å². The van der Waals surface area contributed by atoms with E-state index in [2.05, 4.69) is 16.7 Å². The molecule has 2 aliphatic heterocycles. The standard InChI is InChI=1S/C24H28N2O4/c1-4-25-9-11-26(12-10-25)15-18-19(27)13-16(2)22-23(28)21(30-24(18)22)14-17-7-5-6-8-20(17)29-3/h5-8,13-14,27H,4,9-12,15H2,1-3H3/b21-14-. The van der Waals surface area contributed by atoms with Crippen LogP contribution in [0, 0.1) is 6.92 Å². The molecule has 2 heterocycles. The van der Waals surface area contributed by atoms with E-state index in [9.17, 15) is 9.90 Å². The van der Waals surface area contributed by atoms with Gasteiger partial charge in [-0.1, -0.05) is 25.1 Å². The number of hydrogen-bond donors (Lipinski definition) is 1. The maximum Gasteiger partial charge on any atom is 0.232 e. The summed E-state index contributed by atoms with van der Waals surface area (Å²) in [6.07, 6.45) is 1.71. The molecule has 0 radical (unpaired) electrons. The van der Waals surface area contributed by atoms with Crippen molar-refractivity contribution in [3.05, 3.63) is 58.3 Å². The molecule has 2 aliphatic rings. The van der Waals surface area contributed by atoms with Crippen LogP contribution in [-0.2, 0) is 6.54 Å². The summed E-state index contributed by atoms with van der Waals surface area (Å²) in [6, 6.07) is 9.16. The minimum absolute atomic E-state index is 0.162. The number of ether oxygens (including phenoxy) is 2. The molecule has 2 aromatic rings. The zero-order valence-corrected chi connectivity index (χ0v) is 17.8. The van der Waals surface area contributed by atoms with Crippen molar-refractivity contribution in [1.29, 1.82) is 0 Å². The molecule has 30 heavy (non-hydrogen) atoms. The van der Waals surface area contributed by atoms with Crippen LogP contribution in [0.4, 0.5) is 0 Å². The zero-order valence-electron chi connectivity index (χ0n) is 17.8. The third-order valence-electron chi connectivity index (χ3n) is 5.94. The lowest BCUT2D eigenvalue weighted by molar-refractivity contribution is 0.101. The van der Waals surface area contributed by atoms with E-state index in [0.29, 0.717) is 29.2 Å². The number of ketones is 1. The number of carbonyl (C=O) groups excluding carboxylic acids is 1. The van der Waals surface area contributed by atoms with Gasteiger partial charge in [0.15, 0.2) is 5.76 Å². The number of hydrogen-bond acceptors (Lipinski definition) is 6. The molecular weight excluding hydrogens is 380 g/mol. The molecule has 0 aliphatic carbocycles. The Hall–Kier alpha value is -2.83. The highest BCUT2D eigenvalue weighted by Crippen LogP contribution is 2.42. The highest BCUT2D eigenvalue weighted by Gasteiger charge is 2.34. The second kappa shape index (κ2) is 8.50. The zero-order chi connectivity index (χ0) is 21.3. The van der Waals surface area contributed by atoms with Gasteiger partial charge in [-0.25, -0.2) is 0 Å². The number of para-hydroxylation sites is 1. The van der Waals surface area contributed by atoms with Crippen LogP contribution in [0.2, 0.25) is 0 Å². The van der Waals surface area contributed by atoms with Crippen molar-refractivity contribution in [2.24, 2.45) is 0 Å². The Morgan fingerprint density at radius 3 is 2.57 bits per heavy atom. The predicted octanol–water partition coefficient (Wildman–Crippen LogP) is 3.46. The summed E-state index contributed by atoms with van der Waals surface area (Å²) in [6.45, 7) is 9.46. The number of allylic oxidation sites excluding steroid dienone is 1. The van der Waals surface area contributed by atoms with Crippen molar-refractivity contribution in [3.63, 3.8) is 0 Å². The summed E-state index contributed by atoms with van der Waals surface area (Å²) in [4.78, 5) is 17.8. The van der Waals surface area contributed by atoms with E-state index in [0.717, 1.165) is 43.9 Å². The number of aromatic hydroxyl groups is 1. The first-order chi connectivity index (χ1) is 14.5. The van der Waals surface area contributed by atoms with Crippen molar-refractivity contribution in [2.45, 2.75) is 20.4 Å². The molecule has 4 rings (SSSR count). The number of carbonyl (C=O) groups is 1. The molecule has 0 amide bonds. The van der Waals surface area contributed by atoms with Gasteiger partial charge in [0.1, 0.15) is 17.2 Å². The fraction of sp³-hybridized carbons (Fsp3) is 0.375. The summed E-state index contributed by atoms with van der Waals surface area (Å²) in [7, 11) is 1.60. The Labute approximate surface area is 177 Å². The summed E-state index contributed by atoms with van der Waals surface area (Å²) in [5.41, 5.74) is 2.71. The van der Waals surface area contributed by atoms with Crippen LogP contribution >= 0.6 is 0 Å². The fourth-order valence-corrected chi connectivity index (χ4v) is 4.15. The number of piperazine rings is 1. The number of Topliss-reactive ketones (excluding diaryl/α,β-unsaturated/α-hetero) is 1. The van der Waals surface area contributed by atoms with Crippen LogP contribution < -0.4 is 9.47 Å².